The molecule has 0 unspecified atom stereocenters. The van der Waals surface area contributed by atoms with Gasteiger partial charge in [-0.2, -0.15) is 0 Å². The van der Waals surface area contributed by atoms with Gasteiger partial charge in [-0.1, -0.05) is 62.3 Å². The summed E-state index contributed by atoms with van der Waals surface area (Å²) in [6.07, 6.45) is 5.55. The average Bonchev–Trinajstić information content (AvgIpc) is 3.28. The highest BCUT2D eigenvalue weighted by atomic mass is 32.1. The predicted molar refractivity (Wildman–Crippen MR) is 122 cm³/mol. The van der Waals surface area contributed by atoms with E-state index < -0.39 is 0 Å². The molecule has 1 aliphatic rings. The summed E-state index contributed by atoms with van der Waals surface area (Å²) in [5.74, 6) is 0.975. The maximum atomic E-state index is 4.21. The summed E-state index contributed by atoms with van der Waals surface area (Å²) in [6, 6.07) is 0. The molecule has 27 heavy (non-hydrogen) atoms. The first-order valence-electron chi connectivity index (χ1n) is 9.19. The van der Waals surface area contributed by atoms with E-state index in [4.69, 9.17) is 0 Å². The zero-order chi connectivity index (χ0) is 20.7. The molecule has 3 heterocycles. The van der Waals surface area contributed by atoms with Crippen molar-refractivity contribution in [2.75, 3.05) is 6.54 Å². The Morgan fingerprint density at radius 1 is 0.704 bits per heavy atom. The largest absolute Gasteiger partial charge is 0.264 e. The molecule has 0 saturated heterocycles. The predicted octanol–water partition coefficient (Wildman–Crippen LogP) is 6.40. The molecule has 0 spiro atoms. The highest BCUT2D eigenvalue weighted by molar-refractivity contribution is 7.09. The first-order chi connectivity index (χ1) is 12.3. The summed E-state index contributed by atoms with van der Waals surface area (Å²) in [4.78, 5) is 16.7. The van der Waals surface area contributed by atoms with Crippen LogP contribution in [-0.4, -0.2) is 28.6 Å². The topological polar surface area (TPSA) is 50.5 Å². The Balaban J connectivity index is 0.000000202. The summed E-state index contributed by atoms with van der Waals surface area (Å²) >= 11 is 3.44. The molecule has 0 aromatic carbocycles. The van der Waals surface area contributed by atoms with Crippen LogP contribution in [0.1, 0.15) is 72.3 Å². The third-order valence-electron chi connectivity index (χ3n) is 3.35. The van der Waals surface area contributed by atoms with E-state index in [0.717, 1.165) is 12.4 Å². The van der Waals surface area contributed by atoms with Crippen LogP contribution in [0.3, 0.4) is 0 Å². The molecular formula is C21H34N4S2. The Hall–Kier alpha value is -1.40. The van der Waals surface area contributed by atoms with Gasteiger partial charge in [0.2, 0.25) is 0 Å². The van der Waals surface area contributed by atoms with Crippen LogP contribution in [0.2, 0.25) is 0 Å². The second-order valence-corrected chi connectivity index (χ2v) is 11.2. The molecule has 1 aliphatic heterocycles. The Kier molecular flexibility index (Phi) is 8.48. The molecule has 0 radical (unpaired) electrons. The van der Waals surface area contributed by atoms with Gasteiger partial charge in [-0.3, -0.25) is 4.99 Å². The fourth-order valence-corrected chi connectivity index (χ4v) is 3.37. The number of rotatable bonds is 0. The Labute approximate surface area is 172 Å². The molecule has 0 amide bonds. The van der Waals surface area contributed by atoms with E-state index in [2.05, 4.69) is 82.3 Å². The molecule has 0 atom stereocenters. The van der Waals surface area contributed by atoms with E-state index in [-0.39, 0.29) is 16.2 Å². The first-order valence-corrected chi connectivity index (χ1v) is 10.9. The van der Waals surface area contributed by atoms with Crippen LogP contribution in [-0.2, 0) is 10.8 Å². The molecule has 0 bridgehead atoms. The molecule has 0 saturated carbocycles. The minimum Gasteiger partial charge on any atom is -0.264 e. The molecular weight excluding hydrogens is 372 g/mol. The molecule has 0 aliphatic carbocycles. The summed E-state index contributed by atoms with van der Waals surface area (Å²) in [7, 11) is 0. The maximum absolute atomic E-state index is 4.21. The molecule has 2 aromatic rings. The van der Waals surface area contributed by atoms with Crippen LogP contribution < -0.4 is 0 Å². The van der Waals surface area contributed by atoms with Gasteiger partial charge in [0, 0.05) is 45.6 Å². The van der Waals surface area contributed by atoms with Gasteiger partial charge in [0.25, 0.3) is 0 Å². The summed E-state index contributed by atoms with van der Waals surface area (Å²) in [5, 5.41) is 6.45. The standard InChI is InChI=1S/C7H12N2.2C7H11NS/c3*1-7(2,3)6-8-4-5-9-6/h4H,5H2,1-3H3;2*4-5H,1-3H3. The van der Waals surface area contributed by atoms with Gasteiger partial charge in [0.1, 0.15) is 5.84 Å². The zero-order valence-electron chi connectivity index (χ0n) is 18.2. The summed E-state index contributed by atoms with van der Waals surface area (Å²) < 4.78 is 0. The first kappa shape index (κ1) is 23.6. The van der Waals surface area contributed by atoms with Crippen LogP contribution >= 0.6 is 22.7 Å². The lowest BCUT2D eigenvalue weighted by Gasteiger charge is -2.14. The monoisotopic (exact) mass is 406 g/mol. The van der Waals surface area contributed by atoms with Crippen molar-refractivity contribution < 1.29 is 0 Å². The highest BCUT2D eigenvalue weighted by Gasteiger charge is 2.19. The quantitative estimate of drug-likeness (QED) is 0.508. The number of aromatic nitrogens is 2. The van der Waals surface area contributed by atoms with Crippen molar-refractivity contribution in [3.8, 4) is 0 Å². The molecule has 3 rings (SSSR count). The van der Waals surface area contributed by atoms with Gasteiger partial charge in [-0.15, -0.1) is 22.7 Å². The summed E-state index contributed by atoms with van der Waals surface area (Å²) in [5.41, 5.74) is 0.593. The number of nitrogens with zero attached hydrogens (tertiary/aromatic N) is 4. The number of amidine groups is 1. The Bertz CT molecular complexity index is 664. The van der Waals surface area contributed by atoms with E-state index in [9.17, 15) is 0 Å². The Morgan fingerprint density at radius 2 is 1.15 bits per heavy atom. The van der Waals surface area contributed by atoms with Crippen molar-refractivity contribution in [3.05, 3.63) is 33.2 Å². The van der Waals surface area contributed by atoms with Crippen molar-refractivity contribution in [1.29, 1.82) is 0 Å². The molecule has 0 fully saturated rings. The maximum Gasteiger partial charge on any atom is 0.128 e. The lowest BCUT2D eigenvalue weighted by molar-refractivity contribution is 0.585. The van der Waals surface area contributed by atoms with Gasteiger partial charge in [0.15, 0.2) is 0 Å². The molecule has 6 heteroatoms. The smallest absolute Gasteiger partial charge is 0.128 e. The molecule has 0 N–H and O–H groups in total. The number of hydrogen-bond donors (Lipinski definition) is 0. The number of thiazole rings is 2. The number of aliphatic imine (C=N–C) groups is 2. The van der Waals surface area contributed by atoms with Crippen molar-refractivity contribution in [2.24, 2.45) is 15.4 Å². The van der Waals surface area contributed by atoms with E-state index in [1.807, 2.05) is 29.4 Å². The van der Waals surface area contributed by atoms with Crippen molar-refractivity contribution in [1.82, 2.24) is 9.97 Å². The number of hydrogen-bond acceptors (Lipinski definition) is 6. The molecule has 4 nitrogen and oxygen atoms in total. The SMILES string of the molecule is CC(C)(C)C1=NCC=N1.CC(C)(C)c1nccs1.CC(C)(C)c1nccs1. The minimum absolute atomic E-state index is 0.132. The van der Waals surface area contributed by atoms with Gasteiger partial charge in [-0.25, -0.2) is 15.0 Å². The van der Waals surface area contributed by atoms with Crippen molar-refractivity contribution in [3.63, 3.8) is 0 Å². The summed E-state index contributed by atoms with van der Waals surface area (Å²) in [6.45, 7) is 20.2. The molecule has 150 valence electrons. The van der Waals surface area contributed by atoms with Crippen molar-refractivity contribution >= 4 is 34.7 Å². The van der Waals surface area contributed by atoms with Crippen molar-refractivity contribution in [2.45, 2.75) is 73.1 Å². The van der Waals surface area contributed by atoms with Gasteiger partial charge < -0.3 is 0 Å². The Morgan fingerprint density at radius 3 is 1.30 bits per heavy atom. The van der Waals surface area contributed by atoms with Gasteiger partial charge in [-0.05, 0) is 0 Å². The van der Waals surface area contributed by atoms with Crippen LogP contribution in [0.25, 0.3) is 0 Å². The normalized spacial score (nSPS) is 14.0. The van der Waals surface area contributed by atoms with E-state index in [1.165, 1.54) is 10.0 Å². The van der Waals surface area contributed by atoms with E-state index in [1.54, 1.807) is 22.7 Å². The van der Waals surface area contributed by atoms with Crippen LogP contribution in [0.4, 0.5) is 0 Å². The average molecular weight is 407 g/mol. The fourth-order valence-electron chi connectivity index (χ4n) is 1.91. The van der Waals surface area contributed by atoms with Crippen LogP contribution in [0.5, 0.6) is 0 Å². The third kappa shape index (κ3) is 8.89. The van der Waals surface area contributed by atoms with Crippen LogP contribution in [0, 0.1) is 5.41 Å². The lowest BCUT2D eigenvalue weighted by atomic mass is 9.95. The third-order valence-corrected chi connectivity index (χ3v) is 5.75. The second kappa shape index (κ2) is 9.69. The zero-order valence-corrected chi connectivity index (χ0v) is 19.8. The van der Waals surface area contributed by atoms with E-state index in [0.29, 0.717) is 0 Å². The second-order valence-electron chi connectivity index (χ2n) is 9.40. The van der Waals surface area contributed by atoms with E-state index >= 15 is 0 Å². The lowest BCUT2D eigenvalue weighted by Crippen LogP contribution is -2.16. The van der Waals surface area contributed by atoms with Gasteiger partial charge >= 0.3 is 0 Å². The highest BCUT2D eigenvalue weighted by Crippen LogP contribution is 2.24. The van der Waals surface area contributed by atoms with Gasteiger partial charge in [0.05, 0.1) is 16.6 Å². The van der Waals surface area contributed by atoms with Crippen LogP contribution in [0.15, 0.2) is 33.1 Å². The fraction of sp³-hybridized carbons (Fsp3) is 0.619. The minimum atomic E-state index is 0.132. The molecule has 2 aromatic heterocycles.